The van der Waals surface area contributed by atoms with Crippen LogP contribution < -0.4 is 4.72 Å². The van der Waals surface area contributed by atoms with E-state index in [1.807, 2.05) is 6.92 Å². The number of sulfonamides is 1. The molecule has 0 aromatic heterocycles. The number of rotatable bonds is 4. The molecule has 0 aliphatic rings. The number of hydrogen-bond acceptors (Lipinski definition) is 4. The van der Waals surface area contributed by atoms with E-state index in [0.717, 1.165) is 11.8 Å². The molecule has 1 N–H and O–H groups in total. The molecule has 8 heteroatoms. The van der Waals surface area contributed by atoms with Crippen LogP contribution in [-0.2, 0) is 19.9 Å². The topological polar surface area (TPSA) is 80.3 Å². The summed E-state index contributed by atoms with van der Waals surface area (Å²) in [4.78, 5) is 0.0105. The van der Waals surface area contributed by atoms with Crippen molar-refractivity contribution >= 4 is 37.1 Å². The predicted molar refractivity (Wildman–Crippen MR) is 86.5 cm³/mol. The van der Waals surface area contributed by atoms with Gasteiger partial charge in [0, 0.05) is 6.26 Å². The third-order valence-electron chi connectivity index (χ3n) is 2.93. The van der Waals surface area contributed by atoms with Crippen molar-refractivity contribution in [2.75, 3.05) is 11.0 Å². The van der Waals surface area contributed by atoms with Crippen molar-refractivity contribution in [1.29, 1.82) is 0 Å². The lowest BCUT2D eigenvalue weighted by Gasteiger charge is -2.10. The fourth-order valence-corrected chi connectivity index (χ4v) is 3.82. The van der Waals surface area contributed by atoms with Gasteiger partial charge >= 0.3 is 0 Å². The monoisotopic (exact) mass is 359 g/mol. The summed E-state index contributed by atoms with van der Waals surface area (Å²) in [5, 5.41) is 0.288. The van der Waals surface area contributed by atoms with E-state index >= 15 is 0 Å². The minimum atomic E-state index is -3.84. The van der Waals surface area contributed by atoms with Gasteiger partial charge in [-0.05, 0) is 48.9 Å². The summed E-state index contributed by atoms with van der Waals surface area (Å²) < 4.78 is 49.7. The van der Waals surface area contributed by atoms with Gasteiger partial charge < -0.3 is 0 Å². The normalized spacial score (nSPS) is 12.1. The first-order valence-corrected chi connectivity index (χ1v) is 9.94. The van der Waals surface area contributed by atoms with E-state index in [2.05, 4.69) is 4.72 Å². The van der Waals surface area contributed by atoms with Gasteiger partial charge in [0.2, 0.25) is 0 Å². The second-order valence-electron chi connectivity index (χ2n) is 4.83. The summed E-state index contributed by atoms with van der Waals surface area (Å²) >= 11 is 6.00. The average Bonchev–Trinajstić information content (AvgIpc) is 2.41. The predicted octanol–water partition coefficient (Wildman–Crippen LogP) is 2.85. The summed E-state index contributed by atoms with van der Waals surface area (Å²) in [6, 6.07) is 9.92. The van der Waals surface area contributed by atoms with Crippen molar-refractivity contribution in [3.8, 4) is 0 Å². The second-order valence-corrected chi connectivity index (χ2v) is 8.94. The number of aryl methyl sites for hydroxylation is 1. The smallest absolute Gasteiger partial charge is 0.261 e. The highest BCUT2D eigenvalue weighted by Gasteiger charge is 2.17. The maximum absolute atomic E-state index is 12.3. The SMILES string of the molecule is Cc1ccc(NS(=O)(=O)c2ccc(S(C)(=O)=O)cc2)c(Cl)c1. The highest BCUT2D eigenvalue weighted by atomic mass is 35.5. The third-order valence-corrected chi connectivity index (χ3v) is 5.75. The van der Waals surface area contributed by atoms with E-state index in [9.17, 15) is 16.8 Å². The molecule has 0 bridgehead atoms. The summed E-state index contributed by atoms with van der Waals surface area (Å²) in [7, 11) is -7.21. The molecule has 0 radical (unpaired) electrons. The molecule has 0 spiro atoms. The Labute approximate surface area is 134 Å². The van der Waals surface area contributed by atoms with Gasteiger partial charge in [0.1, 0.15) is 0 Å². The van der Waals surface area contributed by atoms with Crippen LogP contribution in [0.4, 0.5) is 5.69 Å². The maximum Gasteiger partial charge on any atom is 0.261 e. The first kappa shape index (κ1) is 16.8. The van der Waals surface area contributed by atoms with E-state index < -0.39 is 19.9 Å². The largest absolute Gasteiger partial charge is 0.278 e. The Kier molecular flexibility index (Phi) is 4.51. The molecule has 5 nitrogen and oxygen atoms in total. The van der Waals surface area contributed by atoms with Crippen LogP contribution in [0.15, 0.2) is 52.3 Å². The lowest BCUT2D eigenvalue weighted by molar-refractivity contribution is 0.597. The van der Waals surface area contributed by atoms with Crippen LogP contribution in [0, 0.1) is 6.92 Å². The highest BCUT2D eigenvalue weighted by molar-refractivity contribution is 7.92. The number of nitrogens with one attached hydrogen (secondary N) is 1. The number of benzene rings is 2. The van der Waals surface area contributed by atoms with Crippen LogP contribution >= 0.6 is 11.6 Å². The zero-order chi connectivity index (χ0) is 16.5. The molecule has 118 valence electrons. The quantitative estimate of drug-likeness (QED) is 0.910. The van der Waals surface area contributed by atoms with Crippen molar-refractivity contribution in [3.05, 3.63) is 53.1 Å². The van der Waals surface area contributed by atoms with Crippen molar-refractivity contribution in [3.63, 3.8) is 0 Å². The number of halogens is 1. The van der Waals surface area contributed by atoms with Crippen molar-refractivity contribution in [2.24, 2.45) is 0 Å². The van der Waals surface area contributed by atoms with Gasteiger partial charge in [-0.1, -0.05) is 17.7 Å². The van der Waals surface area contributed by atoms with Gasteiger partial charge in [-0.2, -0.15) is 0 Å². The lowest BCUT2D eigenvalue weighted by atomic mass is 10.2. The van der Waals surface area contributed by atoms with Crippen LogP contribution in [-0.4, -0.2) is 23.1 Å². The summed E-state index contributed by atoms with van der Waals surface area (Å²) in [5.41, 5.74) is 1.17. The zero-order valence-corrected chi connectivity index (χ0v) is 14.3. The molecule has 2 rings (SSSR count). The molecule has 0 heterocycles. The average molecular weight is 360 g/mol. The Morgan fingerprint density at radius 3 is 1.95 bits per heavy atom. The molecule has 0 saturated carbocycles. The lowest BCUT2D eigenvalue weighted by Crippen LogP contribution is -2.13. The van der Waals surface area contributed by atoms with Gasteiger partial charge in [-0.15, -0.1) is 0 Å². The molecule has 2 aromatic rings. The molecule has 22 heavy (non-hydrogen) atoms. The van der Waals surface area contributed by atoms with Crippen LogP contribution in [0.5, 0.6) is 0 Å². The minimum absolute atomic E-state index is 0.0449. The molecule has 0 aliphatic carbocycles. The molecule has 0 atom stereocenters. The van der Waals surface area contributed by atoms with Crippen molar-refractivity contribution in [2.45, 2.75) is 16.7 Å². The maximum atomic E-state index is 12.3. The van der Waals surface area contributed by atoms with E-state index in [4.69, 9.17) is 11.6 Å². The van der Waals surface area contributed by atoms with Crippen LogP contribution in [0.25, 0.3) is 0 Å². The summed E-state index contributed by atoms with van der Waals surface area (Å²) in [6.45, 7) is 1.84. The number of anilines is 1. The number of hydrogen-bond donors (Lipinski definition) is 1. The first-order chi connectivity index (χ1) is 10.1. The van der Waals surface area contributed by atoms with Gasteiger partial charge in [0.25, 0.3) is 10.0 Å². The van der Waals surface area contributed by atoms with Crippen molar-refractivity contribution < 1.29 is 16.8 Å². The Balaban J connectivity index is 2.34. The fourth-order valence-electron chi connectivity index (χ4n) is 1.77. The molecule has 0 aliphatic heterocycles. The minimum Gasteiger partial charge on any atom is -0.278 e. The molecule has 0 amide bonds. The highest BCUT2D eigenvalue weighted by Crippen LogP contribution is 2.25. The van der Waals surface area contributed by atoms with Crippen LogP contribution in [0.1, 0.15) is 5.56 Å². The first-order valence-electron chi connectivity index (χ1n) is 6.19. The van der Waals surface area contributed by atoms with Gasteiger partial charge in [0.15, 0.2) is 9.84 Å². The van der Waals surface area contributed by atoms with E-state index in [-0.39, 0.29) is 20.5 Å². The van der Waals surface area contributed by atoms with Crippen LogP contribution in [0.2, 0.25) is 5.02 Å². The van der Waals surface area contributed by atoms with E-state index in [0.29, 0.717) is 0 Å². The summed E-state index contributed by atoms with van der Waals surface area (Å²) in [5.74, 6) is 0. The molecule has 2 aromatic carbocycles. The van der Waals surface area contributed by atoms with Crippen molar-refractivity contribution in [1.82, 2.24) is 0 Å². The molecular formula is C14H14ClNO4S2. The second kappa shape index (κ2) is 5.91. The summed E-state index contributed by atoms with van der Waals surface area (Å²) in [6.07, 6.45) is 1.06. The molecule has 0 saturated heterocycles. The van der Waals surface area contributed by atoms with Gasteiger partial charge in [-0.3, -0.25) is 4.72 Å². The molecule has 0 unspecified atom stereocenters. The van der Waals surface area contributed by atoms with Gasteiger partial charge in [0.05, 0.1) is 20.5 Å². The Hall–Kier alpha value is -1.57. The van der Waals surface area contributed by atoms with Crippen LogP contribution in [0.3, 0.4) is 0 Å². The Morgan fingerprint density at radius 1 is 0.909 bits per heavy atom. The van der Waals surface area contributed by atoms with E-state index in [1.54, 1.807) is 18.2 Å². The number of sulfone groups is 1. The van der Waals surface area contributed by atoms with Gasteiger partial charge in [-0.25, -0.2) is 16.8 Å². The molecule has 0 fully saturated rings. The third kappa shape index (κ3) is 3.79. The Morgan fingerprint density at radius 2 is 1.45 bits per heavy atom. The standard InChI is InChI=1S/C14H14ClNO4S2/c1-10-3-8-14(13(15)9-10)16-22(19,20)12-6-4-11(5-7-12)21(2,17)18/h3-9,16H,1-2H3. The Bertz CT molecular complexity index is 904. The molecular weight excluding hydrogens is 346 g/mol. The van der Waals surface area contributed by atoms with E-state index in [1.165, 1.54) is 24.3 Å². The fraction of sp³-hybridized carbons (Fsp3) is 0.143. The zero-order valence-electron chi connectivity index (χ0n) is 11.9.